The minimum absolute atomic E-state index is 0.00984. The van der Waals surface area contributed by atoms with Crippen LogP contribution in [0.15, 0.2) is 36.5 Å². The predicted octanol–water partition coefficient (Wildman–Crippen LogP) is 3.37. The van der Waals surface area contributed by atoms with Gasteiger partial charge >= 0.3 is 6.03 Å². The summed E-state index contributed by atoms with van der Waals surface area (Å²) in [6.45, 7) is 5.65. The molecule has 0 aliphatic carbocycles. The van der Waals surface area contributed by atoms with Gasteiger partial charge in [-0.2, -0.15) is 5.10 Å². The van der Waals surface area contributed by atoms with Crippen molar-refractivity contribution in [2.75, 3.05) is 13.1 Å². The number of hydrogen-bond acceptors (Lipinski definition) is 2. The summed E-state index contributed by atoms with van der Waals surface area (Å²) in [5, 5.41) is 10.2. The number of piperidine rings is 1. The second kappa shape index (κ2) is 6.86. The lowest BCUT2D eigenvalue weighted by molar-refractivity contribution is 0.176. The van der Waals surface area contributed by atoms with Gasteiger partial charge in [0.15, 0.2) is 0 Å². The quantitative estimate of drug-likeness (QED) is 0.913. The molecule has 5 nitrogen and oxygen atoms in total. The smallest absolute Gasteiger partial charge is 0.317 e. The Morgan fingerprint density at radius 3 is 2.83 bits per heavy atom. The lowest BCUT2D eigenvalue weighted by atomic mass is 9.95. The Kier molecular flexibility index (Phi) is 4.65. The van der Waals surface area contributed by atoms with E-state index < -0.39 is 0 Å². The van der Waals surface area contributed by atoms with E-state index in [4.69, 9.17) is 0 Å². The van der Waals surface area contributed by atoms with Crippen molar-refractivity contribution >= 4 is 6.03 Å². The van der Waals surface area contributed by atoms with Gasteiger partial charge in [-0.3, -0.25) is 5.10 Å². The van der Waals surface area contributed by atoms with Crippen LogP contribution >= 0.6 is 0 Å². The lowest BCUT2D eigenvalue weighted by Gasteiger charge is -2.33. The molecule has 2 aromatic rings. The Morgan fingerprint density at radius 1 is 1.35 bits per heavy atom. The van der Waals surface area contributed by atoms with Gasteiger partial charge in [0.1, 0.15) is 0 Å². The van der Waals surface area contributed by atoms with Gasteiger partial charge in [-0.1, -0.05) is 29.8 Å². The van der Waals surface area contributed by atoms with Crippen LogP contribution in [-0.2, 0) is 0 Å². The highest BCUT2D eigenvalue weighted by Crippen LogP contribution is 2.25. The third-order valence-electron chi connectivity index (χ3n) is 4.59. The van der Waals surface area contributed by atoms with E-state index in [9.17, 15) is 4.79 Å². The number of carbonyl (C=O) groups excluding carboxylic acids is 1. The molecule has 0 saturated carbocycles. The molecule has 1 aliphatic rings. The normalized spacial score (nSPS) is 19.4. The third kappa shape index (κ3) is 3.73. The van der Waals surface area contributed by atoms with Gasteiger partial charge < -0.3 is 10.2 Å². The van der Waals surface area contributed by atoms with Gasteiger partial charge in [0.05, 0.1) is 6.04 Å². The molecule has 2 amide bonds. The maximum atomic E-state index is 12.6. The zero-order valence-electron chi connectivity index (χ0n) is 13.7. The number of aromatic amines is 1. The molecule has 0 spiro atoms. The Bertz CT molecular complexity index is 636. The molecular weight excluding hydrogens is 288 g/mol. The molecule has 1 saturated heterocycles. The highest BCUT2D eigenvalue weighted by atomic mass is 16.2. The van der Waals surface area contributed by atoms with Crippen LogP contribution in [0, 0.1) is 6.92 Å². The first-order valence-electron chi connectivity index (χ1n) is 8.25. The molecule has 0 radical (unpaired) electrons. The van der Waals surface area contributed by atoms with Crippen LogP contribution in [0.4, 0.5) is 4.79 Å². The number of carbonyl (C=O) groups is 1. The van der Waals surface area contributed by atoms with E-state index in [1.165, 1.54) is 5.56 Å². The molecule has 1 aliphatic heterocycles. The summed E-state index contributed by atoms with van der Waals surface area (Å²) < 4.78 is 0. The van der Waals surface area contributed by atoms with Crippen molar-refractivity contribution in [1.82, 2.24) is 20.4 Å². The monoisotopic (exact) mass is 312 g/mol. The summed E-state index contributed by atoms with van der Waals surface area (Å²) in [6.07, 6.45) is 3.89. The van der Waals surface area contributed by atoms with E-state index in [1.807, 2.05) is 17.9 Å². The molecule has 1 aromatic carbocycles. The maximum Gasteiger partial charge on any atom is 0.317 e. The van der Waals surface area contributed by atoms with Crippen molar-refractivity contribution in [3.63, 3.8) is 0 Å². The van der Waals surface area contributed by atoms with E-state index in [0.29, 0.717) is 5.92 Å². The van der Waals surface area contributed by atoms with Crippen LogP contribution < -0.4 is 5.32 Å². The topological polar surface area (TPSA) is 61.0 Å². The van der Waals surface area contributed by atoms with E-state index in [2.05, 4.69) is 46.7 Å². The molecule has 5 heteroatoms. The predicted molar refractivity (Wildman–Crippen MR) is 90.3 cm³/mol. The minimum atomic E-state index is 0.00984. The van der Waals surface area contributed by atoms with Crippen molar-refractivity contribution in [2.45, 2.75) is 38.6 Å². The standard InChI is InChI=1S/C18H24N4O/c1-13-5-7-15(8-6-13)14(2)20-18(23)22-11-3-4-16(12-22)17-9-10-19-21-17/h5-10,14,16H,3-4,11-12H2,1-2H3,(H,19,21)(H,20,23). The first-order chi connectivity index (χ1) is 11.1. The van der Waals surface area contributed by atoms with E-state index in [0.717, 1.165) is 37.2 Å². The Labute approximate surface area is 137 Å². The molecule has 3 rings (SSSR count). The maximum absolute atomic E-state index is 12.6. The number of benzene rings is 1. The number of aryl methyl sites for hydroxylation is 1. The molecule has 23 heavy (non-hydrogen) atoms. The van der Waals surface area contributed by atoms with Crippen LogP contribution in [0.2, 0.25) is 0 Å². The summed E-state index contributed by atoms with van der Waals surface area (Å²) in [6, 6.07) is 10.3. The highest BCUT2D eigenvalue weighted by molar-refractivity contribution is 5.75. The van der Waals surface area contributed by atoms with Crippen LogP contribution in [0.3, 0.4) is 0 Å². The molecule has 1 fully saturated rings. The molecule has 2 atom stereocenters. The summed E-state index contributed by atoms with van der Waals surface area (Å²) in [4.78, 5) is 14.5. The van der Waals surface area contributed by atoms with Crippen molar-refractivity contribution in [1.29, 1.82) is 0 Å². The van der Waals surface area contributed by atoms with Gasteiger partial charge in [0, 0.05) is 30.9 Å². The fourth-order valence-corrected chi connectivity index (χ4v) is 3.12. The molecule has 2 heterocycles. The van der Waals surface area contributed by atoms with Crippen molar-refractivity contribution in [2.24, 2.45) is 0 Å². The van der Waals surface area contributed by atoms with E-state index in [1.54, 1.807) is 6.20 Å². The number of nitrogens with one attached hydrogen (secondary N) is 2. The fourth-order valence-electron chi connectivity index (χ4n) is 3.12. The summed E-state index contributed by atoms with van der Waals surface area (Å²) in [7, 11) is 0. The van der Waals surface area contributed by atoms with Crippen LogP contribution in [0.25, 0.3) is 0 Å². The average Bonchev–Trinajstić information content (AvgIpc) is 3.10. The molecule has 0 bridgehead atoms. The third-order valence-corrected chi connectivity index (χ3v) is 4.59. The Morgan fingerprint density at radius 2 is 2.13 bits per heavy atom. The largest absolute Gasteiger partial charge is 0.331 e. The summed E-state index contributed by atoms with van der Waals surface area (Å²) in [5.41, 5.74) is 3.48. The molecule has 1 aromatic heterocycles. The molecule has 2 N–H and O–H groups in total. The summed E-state index contributed by atoms with van der Waals surface area (Å²) >= 11 is 0. The highest BCUT2D eigenvalue weighted by Gasteiger charge is 2.26. The number of nitrogens with zero attached hydrogens (tertiary/aromatic N) is 2. The number of urea groups is 1. The van der Waals surface area contributed by atoms with Crippen LogP contribution in [0.1, 0.15) is 48.5 Å². The molecule has 2 unspecified atom stereocenters. The number of rotatable bonds is 3. The van der Waals surface area contributed by atoms with Crippen molar-refractivity contribution < 1.29 is 4.79 Å². The SMILES string of the molecule is Cc1ccc(C(C)NC(=O)N2CCCC(c3ccn[nH]3)C2)cc1. The number of hydrogen-bond donors (Lipinski definition) is 2. The second-order valence-corrected chi connectivity index (χ2v) is 6.38. The number of aromatic nitrogens is 2. The van der Waals surface area contributed by atoms with Crippen LogP contribution in [0.5, 0.6) is 0 Å². The number of amides is 2. The molecular formula is C18H24N4O. The first-order valence-corrected chi connectivity index (χ1v) is 8.25. The van der Waals surface area contributed by atoms with Crippen molar-refractivity contribution in [3.8, 4) is 0 Å². The Balaban J connectivity index is 1.60. The number of H-pyrrole nitrogens is 1. The van der Waals surface area contributed by atoms with Gasteiger partial charge in [-0.25, -0.2) is 4.79 Å². The molecule has 122 valence electrons. The van der Waals surface area contributed by atoms with Gasteiger partial charge in [0.25, 0.3) is 0 Å². The second-order valence-electron chi connectivity index (χ2n) is 6.38. The minimum Gasteiger partial charge on any atom is -0.331 e. The first kappa shape index (κ1) is 15.6. The average molecular weight is 312 g/mol. The van der Waals surface area contributed by atoms with Gasteiger partial charge in [-0.05, 0) is 38.3 Å². The van der Waals surface area contributed by atoms with Crippen molar-refractivity contribution in [3.05, 3.63) is 53.3 Å². The fraction of sp³-hybridized carbons (Fsp3) is 0.444. The van der Waals surface area contributed by atoms with Gasteiger partial charge in [0.2, 0.25) is 0 Å². The van der Waals surface area contributed by atoms with Crippen LogP contribution in [-0.4, -0.2) is 34.2 Å². The van der Waals surface area contributed by atoms with E-state index in [-0.39, 0.29) is 12.1 Å². The lowest BCUT2D eigenvalue weighted by Crippen LogP contribution is -2.45. The Hall–Kier alpha value is -2.30. The zero-order chi connectivity index (χ0) is 16.2. The zero-order valence-corrected chi connectivity index (χ0v) is 13.7. The van der Waals surface area contributed by atoms with Gasteiger partial charge in [-0.15, -0.1) is 0 Å². The number of likely N-dealkylation sites (tertiary alicyclic amines) is 1. The summed E-state index contributed by atoms with van der Waals surface area (Å²) in [5.74, 6) is 0.353. The van der Waals surface area contributed by atoms with E-state index >= 15 is 0 Å².